The van der Waals surface area contributed by atoms with Crippen molar-refractivity contribution in [3.63, 3.8) is 0 Å². The van der Waals surface area contributed by atoms with Crippen molar-refractivity contribution in [1.82, 2.24) is 19.7 Å². The number of hydrogen-bond acceptors (Lipinski definition) is 7. The van der Waals surface area contributed by atoms with Crippen molar-refractivity contribution in [2.75, 3.05) is 18.5 Å². The number of hydrogen-bond donors (Lipinski definition) is 2. The molecule has 5 rings (SSSR count). The maximum atomic E-state index is 12.7. The minimum absolute atomic E-state index is 0.165. The number of thiophene rings is 1. The molecule has 1 amide bonds. The van der Waals surface area contributed by atoms with Gasteiger partial charge in [-0.1, -0.05) is 6.07 Å². The standard InChI is InChI=1S/C24H23N5O4S/c1-2-32-15-8-10-16(11-9-15)33-14-22(30)26-21-13-19(20-7-4-12-34-20)28-29(21)24-25-18-6-3-5-17(18)23(31)27-24/h4,7-13H,2-3,5-6,14H2,1H3,(H,26,30)(H,25,27,31). The highest BCUT2D eigenvalue weighted by atomic mass is 32.1. The lowest BCUT2D eigenvalue weighted by Crippen LogP contribution is -2.24. The molecule has 4 aromatic rings. The zero-order valence-electron chi connectivity index (χ0n) is 18.5. The Bertz CT molecular complexity index is 1360. The van der Waals surface area contributed by atoms with Gasteiger partial charge in [-0.25, -0.2) is 4.98 Å². The van der Waals surface area contributed by atoms with Gasteiger partial charge in [0.1, 0.15) is 23.0 Å². The van der Waals surface area contributed by atoms with Gasteiger partial charge >= 0.3 is 0 Å². The van der Waals surface area contributed by atoms with E-state index in [4.69, 9.17) is 9.47 Å². The molecule has 0 radical (unpaired) electrons. The van der Waals surface area contributed by atoms with Crippen molar-refractivity contribution >= 4 is 23.1 Å². The minimum Gasteiger partial charge on any atom is -0.494 e. The lowest BCUT2D eigenvalue weighted by atomic mass is 10.3. The monoisotopic (exact) mass is 477 g/mol. The third kappa shape index (κ3) is 4.58. The molecule has 0 atom stereocenters. The van der Waals surface area contributed by atoms with Gasteiger partial charge in [0.05, 0.1) is 17.2 Å². The Kier molecular flexibility index (Phi) is 6.13. The maximum Gasteiger partial charge on any atom is 0.263 e. The first-order valence-corrected chi connectivity index (χ1v) is 11.9. The van der Waals surface area contributed by atoms with E-state index in [0.29, 0.717) is 23.9 Å². The number of anilines is 1. The quantitative estimate of drug-likeness (QED) is 0.401. The van der Waals surface area contributed by atoms with Crippen molar-refractivity contribution in [3.05, 3.63) is 69.5 Å². The van der Waals surface area contributed by atoms with Gasteiger partial charge in [0.2, 0.25) is 5.95 Å². The summed E-state index contributed by atoms with van der Waals surface area (Å²) in [5.41, 5.74) is 2.01. The highest BCUT2D eigenvalue weighted by Gasteiger charge is 2.21. The number of benzene rings is 1. The Labute approximate surface area is 199 Å². The molecule has 0 saturated carbocycles. The molecule has 34 heavy (non-hydrogen) atoms. The summed E-state index contributed by atoms with van der Waals surface area (Å²) < 4.78 is 12.5. The fourth-order valence-corrected chi connectivity index (χ4v) is 4.51. The van der Waals surface area contributed by atoms with Crippen LogP contribution in [-0.4, -0.2) is 38.9 Å². The van der Waals surface area contributed by atoms with E-state index >= 15 is 0 Å². The van der Waals surface area contributed by atoms with E-state index in [-0.39, 0.29) is 24.0 Å². The predicted octanol–water partition coefficient (Wildman–Crippen LogP) is 3.59. The number of nitrogens with zero attached hydrogens (tertiary/aromatic N) is 3. The van der Waals surface area contributed by atoms with Gasteiger partial charge in [0.25, 0.3) is 11.5 Å². The summed E-state index contributed by atoms with van der Waals surface area (Å²) in [6.45, 7) is 2.30. The topological polar surface area (TPSA) is 111 Å². The molecule has 0 unspecified atom stereocenters. The molecule has 3 aromatic heterocycles. The molecule has 3 heterocycles. The molecular formula is C24H23N5O4S. The van der Waals surface area contributed by atoms with Crippen LogP contribution in [0.1, 0.15) is 24.6 Å². The van der Waals surface area contributed by atoms with E-state index in [0.717, 1.165) is 41.1 Å². The van der Waals surface area contributed by atoms with Gasteiger partial charge in [0.15, 0.2) is 6.61 Å². The number of nitrogens with one attached hydrogen (secondary N) is 2. The van der Waals surface area contributed by atoms with Crippen LogP contribution in [0.2, 0.25) is 0 Å². The van der Waals surface area contributed by atoms with Gasteiger partial charge in [-0.05, 0) is 61.9 Å². The van der Waals surface area contributed by atoms with E-state index in [1.807, 2.05) is 24.4 Å². The second-order valence-electron chi connectivity index (χ2n) is 7.71. The summed E-state index contributed by atoms with van der Waals surface area (Å²) in [7, 11) is 0. The Morgan fingerprint density at radius 2 is 1.97 bits per heavy atom. The number of aromatic nitrogens is 4. The van der Waals surface area contributed by atoms with Crippen LogP contribution in [0.15, 0.2) is 52.6 Å². The van der Waals surface area contributed by atoms with Crippen LogP contribution >= 0.6 is 11.3 Å². The molecule has 9 nitrogen and oxygen atoms in total. The third-order valence-corrected chi connectivity index (χ3v) is 6.28. The average molecular weight is 478 g/mol. The Morgan fingerprint density at radius 3 is 2.71 bits per heavy atom. The van der Waals surface area contributed by atoms with Crippen LogP contribution in [0.5, 0.6) is 11.5 Å². The number of H-pyrrole nitrogens is 1. The summed E-state index contributed by atoms with van der Waals surface area (Å²) >= 11 is 1.53. The zero-order chi connectivity index (χ0) is 23.5. The summed E-state index contributed by atoms with van der Waals surface area (Å²) in [5.74, 6) is 1.59. The van der Waals surface area contributed by atoms with Crippen LogP contribution in [-0.2, 0) is 17.6 Å². The summed E-state index contributed by atoms with van der Waals surface area (Å²) in [4.78, 5) is 33.6. The number of carbonyl (C=O) groups is 1. The largest absolute Gasteiger partial charge is 0.494 e. The molecule has 1 aliphatic rings. The number of aromatic amines is 1. The van der Waals surface area contributed by atoms with Crippen molar-refractivity contribution in [2.24, 2.45) is 0 Å². The fourth-order valence-electron chi connectivity index (χ4n) is 3.83. The number of rotatable bonds is 8. The van der Waals surface area contributed by atoms with E-state index in [1.165, 1.54) is 16.0 Å². The summed E-state index contributed by atoms with van der Waals surface area (Å²) in [5, 5.41) is 9.40. The number of aryl methyl sites for hydroxylation is 1. The van der Waals surface area contributed by atoms with Gasteiger partial charge in [0, 0.05) is 11.6 Å². The molecule has 174 valence electrons. The lowest BCUT2D eigenvalue weighted by Gasteiger charge is -2.10. The van der Waals surface area contributed by atoms with E-state index in [2.05, 4.69) is 20.4 Å². The van der Waals surface area contributed by atoms with Gasteiger partial charge in [-0.2, -0.15) is 9.78 Å². The Morgan fingerprint density at radius 1 is 1.18 bits per heavy atom. The highest BCUT2D eigenvalue weighted by molar-refractivity contribution is 7.13. The molecule has 10 heteroatoms. The molecule has 0 bridgehead atoms. The first-order valence-electron chi connectivity index (χ1n) is 11.0. The highest BCUT2D eigenvalue weighted by Crippen LogP contribution is 2.28. The fraction of sp³-hybridized carbons (Fsp3) is 0.250. The molecular weight excluding hydrogens is 454 g/mol. The predicted molar refractivity (Wildman–Crippen MR) is 129 cm³/mol. The zero-order valence-corrected chi connectivity index (χ0v) is 19.4. The van der Waals surface area contributed by atoms with Crippen LogP contribution in [0, 0.1) is 0 Å². The van der Waals surface area contributed by atoms with Crippen LogP contribution in [0.4, 0.5) is 5.82 Å². The number of fused-ring (bicyclic) bond motifs is 1. The molecule has 0 saturated heterocycles. The first-order chi connectivity index (χ1) is 16.6. The van der Waals surface area contributed by atoms with Crippen molar-refractivity contribution in [2.45, 2.75) is 26.2 Å². The molecule has 2 N–H and O–H groups in total. The molecule has 1 aromatic carbocycles. The van der Waals surface area contributed by atoms with E-state index < -0.39 is 0 Å². The number of ether oxygens (including phenoxy) is 2. The Balaban J connectivity index is 1.38. The number of amides is 1. The van der Waals surface area contributed by atoms with Gasteiger partial charge in [-0.3, -0.25) is 14.6 Å². The van der Waals surface area contributed by atoms with Crippen molar-refractivity contribution < 1.29 is 14.3 Å². The number of carbonyl (C=O) groups excluding carboxylic acids is 1. The van der Waals surface area contributed by atoms with E-state index in [1.54, 1.807) is 30.3 Å². The summed E-state index contributed by atoms with van der Waals surface area (Å²) in [6.07, 6.45) is 2.38. The molecule has 0 fully saturated rings. The normalized spacial score (nSPS) is 12.4. The lowest BCUT2D eigenvalue weighted by molar-refractivity contribution is -0.118. The van der Waals surface area contributed by atoms with Crippen LogP contribution in [0.3, 0.4) is 0 Å². The molecule has 1 aliphatic carbocycles. The molecule has 0 spiro atoms. The Hall–Kier alpha value is -3.92. The maximum absolute atomic E-state index is 12.7. The average Bonchev–Trinajstić information content (AvgIpc) is 3.59. The van der Waals surface area contributed by atoms with Gasteiger partial charge in [-0.15, -0.1) is 11.3 Å². The van der Waals surface area contributed by atoms with Crippen LogP contribution in [0.25, 0.3) is 16.5 Å². The molecule has 0 aliphatic heterocycles. The third-order valence-electron chi connectivity index (χ3n) is 5.38. The van der Waals surface area contributed by atoms with Crippen molar-refractivity contribution in [3.8, 4) is 28.0 Å². The van der Waals surface area contributed by atoms with Crippen molar-refractivity contribution in [1.29, 1.82) is 0 Å². The second kappa shape index (κ2) is 9.52. The van der Waals surface area contributed by atoms with Crippen LogP contribution < -0.4 is 20.3 Å². The summed E-state index contributed by atoms with van der Waals surface area (Å²) in [6, 6.07) is 12.7. The first kappa shape index (κ1) is 21.9. The smallest absolute Gasteiger partial charge is 0.263 e. The SMILES string of the molecule is CCOc1ccc(OCC(=O)Nc2cc(-c3cccs3)nn2-c2nc3c(c(=O)[nH]2)CCC3)cc1. The minimum atomic E-state index is -0.365. The van der Waals surface area contributed by atoms with E-state index in [9.17, 15) is 9.59 Å². The van der Waals surface area contributed by atoms with Gasteiger partial charge < -0.3 is 14.8 Å². The second-order valence-corrected chi connectivity index (χ2v) is 8.66.